The van der Waals surface area contributed by atoms with E-state index in [0.29, 0.717) is 23.1 Å². The molecular formula is C23H30N4O3S. The Kier molecular flexibility index (Phi) is 6.31. The van der Waals surface area contributed by atoms with Crippen molar-refractivity contribution in [3.8, 4) is 0 Å². The van der Waals surface area contributed by atoms with Crippen LogP contribution in [0.2, 0.25) is 0 Å². The Morgan fingerprint density at radius 1 is 1.06 bits per heavy atom. The van der Waals surface area contributed by atoms with Crippen molar-refractivity contribution >= 4 is 21.6 Å². The first kappa shape index (κ1) is 21.8. The first-order valence-electron chi connectivity index (χ1n) is 10.8. The minimum Gasteiger partial charge on any atom is -0.303 e. The summed E-state index contributed by atoms with van der Waals surface area (Å²) in [7, 11) is -3.50. The number of benzene rings is 2. The van der Waals surface area contributed by atoms with Crippen LogP contribution in [-0.2, 0) is 16.6 Å². The number of nitrogen functional groups attached to an aromatic ring is 1. The number of hydrazine groups is 1. The molecule has 0 aromatic heterocycles. The van der Waals surface area contributed by atoms with Gasteiger partial charge in [0, 0.05) is 12.1 Å². The van der Waals surface area contributed by atoms with E-state index in [-0.39, 0.29) is 18.2 Å². The van der Waals surface area contributed by atoms with E-state index in [0.717, 1.165) is 25.2 Å². The van der Waals surface area contributed by atoms with E-state index in [1.807, 2.05) is 30.3 Å². The highest BCUT2D eigenvalue weighted by molar-refractivity contribution is 7.92. The van der Waals surface area contributed by atoms with Crippen molar-refractivity contribution in [3.63, 3.8) is 0 Å². The Bertz CT molecular complexity index is 1000. The fourth-order valence-corrected chi connectivity index (χ4v) is 5.84. The van der Waals surface area contributed by atoms with Gasteiger partial charge in [0.05, 0.1) is 18.0 Å². The van der Waals surface area contributed by atoms with Crippen LogP contribution in [0, 0.1) is 5.41 Å². The van der Waals surface area contributed by atoms with Crippen LogP contribution in [0.3, 0.4) is 0 Å². The summed E-state index contributed by atoms with van der Waals surface area (Å²) in [6.45, 7) is 3.25. The lowest BCUT2D eigenvalue weighted by Crippen LogP contribution is -2.34. The van der Waals surface area contributed by atoms with Crippen molar-refractivity contribution in [1.82, 2.24) is 10.3 Å². The smallest absolute Gasteiger partial charge is 0.265 e. The molecule has 4 rings (SSSR count). The Labute approximate surface area is 184 Å². The summed E-state index contributed by atoms with van der Waals surface area (Å²) in [5.74, 6) is 4.90. The topological polar surface area (TPSA) is 95.7 Å². The molecule has 2 aromatic carbocycles. The molecule has 0 bridgehead atoms. The van der Waals surface area contributed by atoms with Gasteiger partial charge in [-0.05, 0) is 74.0 Å². The maximum Gasteiger partial charge on any atom is 0.265 e. The van der Waals surface area contributed by atoms with Gasteiger partial charge in [-0.1, -0.05) is 30.3 Å². The van der Waals surface area contributed by atoms with Crippen LogP contribution < -0.4 is 15.6 Å². The summed E-state index contributed by atoms with van der Waals surface area (Å²) in [6.07, 6.45) is 4.54. The molecule has 8 heteroatoms. The van der Waals surface area contributed by atoms with Gasteiger partial charge in [0.1, 0.15) is 0 Å². The minimum atomic E-state index is -3.50. The first-order chi connectivity index (χ1) is 14.9. The highest BCUT2D eigenvalue weighted by Crippen LogP contribution is 2.52. The average molecular weight is 443 g/mol. The van der Waals surface area contributed by atoms with E-state index >= 15 is 0 Å². The number of anilines is 1. The largest absolute Gasteiger partial charge is 0.303 e. The monoisotopic (exact) mass is 442 g/mol. The summed E-state index contributed by atoms with van der Waals surface area (Å²) in [5, 5.41) is 0. The van der Waals surface area contributed by atoms with Gasteiger partial charge in [-0.25, -0.2) is 14.3 Å². The zero-order valence-corrected chi connectivity index (χ0v) is 18.5. The van der Waals surface area contributed by atoms with Crippen LogP contribution >= 0.6 is 0 Å². The molecule has 1 spiro atoms. The van der Waals surface area contributed by atoms with Crippen molar-refractivity contribution in [3.05, 3.63) is 65.7 Å². The number of likely N-dealkylation sites (tertiary alicyclic amines) is 1. The van der Waals surface area contributed by atoms with Crippen molar-refractivity contribution in [2.45, 2.75) is 32.2 Å². The third-order valence-corrected chi connectivity index (χ3v) is 8.22. The molecule has 1 saturated carbocycles. The van der Waals surface area contributed by atoms with Crippen LogP contribution in [0.1, 0.15) is 41.6 Å². The van der Waals surface area contributed by atoms with Gasteiger partial charge in [0.15, 0.2) is 0 Å². The fraction of sp³-hybridized carbons (Fsp3) is 0.435. The molecule has 2 fully saturated rings. The van der Waals surface area contributed by atoms with Gasteiger partial charge >= 0.3 is 0 Å². The van der Waals surface area contributed by atoms with Gasteiger partial charge < -0.3 is 4.90 Å². The van der Waals surface area contributed by atoms with Gasteiger partial charge in [-0.15, -0.1) is 0 Å². The van der Waals surface area contributed by atoms with Crippen molar-refractivity contribution in [2.24, 2.45) is 11.3 Å². The second kappa shape index (κ2) is 8.98. The zero-order chi connectivity index (χ0) is 21.9. The third-order valence-electron chi connectivity index (χ3n) is 6.40. The molecule has 3 N–H and O–H groups in total. The number of carbonyl (C=O) groups excluding carboxylic acids is 1. The molecule has 1 saturated heterocycles. The second-order valence-corrected chi connectivity index (χ2v) is 10.7. The lowest BCUT2D eigenvalue weighted by atomic mass is 10.1. The summed E-state index contributed by atoms with van der Waals surface area (Å²) in [6, 6.07) is 16.0. The number of carbonyl (C=O) groups is 1. The van der Waals surface area contributed by atoms with E-state index < -0.39 is 10.0 Å². The molecule has 0 unspecified atom stereocenters. The van der Waals surface area contributed by atoms with Gasteiger partial charge in [-0.3, -0.25) is 14.5 Å². The quantitative estimate of drug-likeness (QED) is 0.353. The number of sulfonamides is 1. The number of nitrogens with one attached hydrogen (secondary N) is 1. The molecule has 2 aliphatic rings. The standard InChI is InChI=1S/C23H30N4O3S/c24-25-22(28)20-9-7-19(8-10-20)17-27(21-5-2-1-3-6-21)31(29,30)16-4-14-26-15-13-23(18-26)11-12-23/h1-3,5-10H,4,11-18,24H2,(H,25,28). The first-order valence-corrected chi connectivity index (χ1v) is 12.4. The van der Waals surface area contributed by atoms with Crippen LogP contribution in [0.5, 0.6) is 0 Å². The summed E-state index contributed by atoms with van der Waals surface area (Å²) < 4.78 is 28.1. The Hall–Kier alpha value is -2.42. The number of rotatable bonds is 9. The molecule has 7 nitrogen and oxygen atoms in total. The van der Waals surface area contributed by atoms with Gasteiger partial charge in [0.2, 0.25) is 10.0 Å². The average Bonchev–Trinajstić information content (AvgIpc) is 3.43. The molecule has 1 aliphatic carbocycles. The van der Waals surface area contributed by atoms with E-state index in [2.05, 4.69) is 10.3 Å². The molecular weight excluding hydrogens is 412 g/mol. The Balaban J connectivity index is 1.44. The van der Waals surface area contributed by atoms with Crippen LogP contribution in [-0.4, -0.2) is 44.6 Å². The second-order valence-electron chi connectivity index (χ2n) is 8.71. The van der Waals surface area contributed by atoms with Crippen molar-refractivity contribution in [1.29, 1.82) is 0 Å². The predicted octanol–water partition coefficient (Wildman–Crippen LogP) is 2.50. The van der Waals surface area contributed by atoms with Gasteiger partial charge in [-0.2, -0.15) is 0 Å². The number of nitrogens with two attached hydrogens (primary N) is 1. The zero-order valence-electron chi connectivity index (χ0n) is 17.7. The number of amides is 1. The Morgan fingerprint density at radius 3 is 2.39 bits per heavy atom. The predicted molar refractivity (Wildman–Crippen MR) is 122 cm³/mol. The van der Waals surface area contributed by atoms with Crippen LogP contribution in [0.4, 0.5) is 5.69 Å². The maximum absolute atomic E-state index is 13.3. The van der Waals surface area contributed by atoms with Crippen molar-refractivity contribution < 1.29 is 13.2 Å². The molecule has 1 heterocycles. The molecule has 1 amide bonds. The lowest BCUT2D eigenvalue weighted by Gasteiger charge is -2.25. The molecule has 2 aromatic rings. The number of hydrogen-bond donors (Lipinski definition) is 2. The van der Waals surface area contributed by atoms with Crippen LogP contribution in [0.15, 0.2) is 54.6 Å². The highest BCUT2D eigenvalue weighted by Gasteiger charge is 2.47. The summed E-state index contributed by atoms with van der Waals surface area (Å²) >= 11 is 0. The minimum absolute atomic E-state index is 0.110. The van der Waals surface area contributed by atoms with Crippen LogP contribution in [0.25, 0.3) is 0 Å². The maximum atomic E-state index is 13.3. The fourth-order valence-electron chi connectivity index (χ4n) is 4.34. The molecule has 166 valence electrons. The molecule has 0 atom stereocenters. The van der Waals surface area contributed by atoms with E-state index in [1.54, 1.807) is 24.3 Å². The normalized spacial score (nSPS) is 17.6. The molecule has 31 heavy (non-hydrogen) atoms. The highest BCUT2D eigenvalue weighted by atomic mass is 32.2. The number of para-hydroxylation sites is 1. The van der Waals surface area contributed by atoms with E-state index in [9.17, 15) is 13.2 Å². The van der Waals surface area contributed by atoms with E-state index in [4.69, 9.17) is 5.84 Å². The number of nitrogens with zero attached hydrogens (tertiary/aromatic N) is 2. The van der Waals surface area contributed by atoms with E-state index in [1.165, 1.54) is 23.6 Å². The van der Waals surface area contributed by atoms with Crippen molar-refractivity contribution in [2.75, 3.05) is 29.7 Å². The molecule has 1 aliphatic heterocycles. The third kappa shape index (κ3) is 5.26. The van der Waals surface area contributed by atoms with Gasteiger partial charge in [0.25, 0.3) is 5.91 Å². The summed E-state index contributed by atoms with van der Waals surface area (Å²) in [5.41, 5.74) is 4.53. The SMILES string of the molecule is NNC(=O)c1ccc(CN(c2ccccc2)S(=O)(=O)CCCN2CCC3(CC3)C2)cc1. The molecule has 0 radical (unpaired) electrons. The summed E-state index contributed by atoms with van der Waals surface area (Å²) in [4.78, 5) is 14.1. The lowest BCUT2D eigenvalue weighted by molar-refractivity contribution is 0.0953. The number of hydrogen-bond acceptors (Lipinski definition) is 5. The Morgan fingerprint density at radius 2 is 1.77 bits per heavy atom.